The van der Waals surface area contributed by atoms with Crippen LogP contribution in [0, 0.1) is 13.8 Å². The first-order valence-corrected chi connectivity index (χ1v) is 9.38. The minimum absolute atomic E-state index is 0.205. The van der Waals surface area contributed by atoms with Gasteiger partial charge in [0.15, 0.2) is 0 Å². The molecular formula is C22H23ClN4O. The fraction of sp³-hybridized carbons (Fsp3) is 0.182. The van der Waals surface area contributed by atoms with E-state index < -0.39 is 0 Å². The van der Waals surface area contributed by atoms with Gasteiger partial charge in [0.2, 0.25) is 0 Å². The van der Waals surface area contributed by atoms with Gasteiger partial charge >= 0.3 is 0 Å². The summed E-state index contributed by atoms with van der Waals surface area (Å²) in [6, 6.07) is 17.4. The second-order valence-electron chi connectivity index (χ2n) is 6.54. The standard InChI is InChI=1S/C22H23ClN4O/c1-16-20(13-14-22(28)25-26(3)19-10-5-4-6-11-19)17(2)27(24-16)15-18-9-7-8-12-21(18)23/h4-14H,15H2,1-3H3,(H,25,28)/b14-13+. The largest absolute Gasteiger partial charge is 0.288 e. The van der Waals surface area contributed by atoms with Gasteiger partial charge in [-0.2, -0.15) is 5.10 Å². The predicted molar refractivity (Wildman–Crippen MR) is 114 cm³/mol. The van der Waals surface area contributed by atoms with E-state index in [0.717, 1.165) is 33.2 Å². The molecule has 144 valence electrons. The summed E-state index contributed by atoms with van der Waals surface area (Å²) in [5.74, 6) is -0.205. The first-order chi connectivity index (χ1) is 13.5. The Kier molecular flexibility index (Phi) is 6.16. The normalized spacial score (nSPS) is 11.0. The lowest BCUT2D eigenvalue weighted by molar-refractivity contribution is -0.116. The number of para-hydroxylation sites is 1. The Morgan fingerprint density at radius 2 is 1.82 bits per heavy atom. The maximum atomic E-state index is 12.3. The second-order valence-corrected chi connectivity index (χ2v) is 6.94. The molecule has 0 atom stereocenters. The van der Waals surface area contributed by atoms with Crippen molar-refractivity contribution >= 4 is 29.3 Å². The minimum Gasteiger partial charge on any atom is -0.288 e. The van der Waals surface area contributed by atoms with Gasteiger partial charge in [0.25, 0.3) is 5.91 Å². The summed E-state index contributed by atoms with van der Waals surface area (Å²) in [7, 11) is 1.80. The molecule has 0 aliphatic carbocycles. The molecule has 1 aromatic heterocycles. The van der Waals surface area contributed by atoms with Gasteiger partial charge in [-0.25, -0.2) is 0 Å². The van der Waals surface area contributed by atoms with E-state index in [9.17, 15) is 4.79 Å². The van der Waals surface area contributed by atoms with Crippen LogP contribution < -0.4 is 10.4 Å². The fourth-order valence-electron chi connectivity index (χ4n) is 2.97. The van der Waals surface area contributed by atoms with E-state index in [1.807, 2.05) is 73.1 Å². The van der Waals surface area contributed by atoms with Gasteiger partial charge in [-0.1, -0.05) is 48.0 Å². The summed E-state index contributed by atoms with van der Waals surface area (Å²) >= 11 is 6.26. The van der Waals surface area contributed by atoms with Crippen LogP contribution in [0.25, 0.3) is 6.08 Å². The van der Waals surface area contributed by atoms with Gasteiger partial charge in [0.05, 0.1) is 17.9 Å². The first-order valence-electron chi connectivity index (χ1n) is 9.00. The summed E-state index contributed by atoms with van der Waals surface area (Å²) in [4.78, 5) is 12.3. The number of carbonyl (C=O) groups is 1. The van der Waals surface area contributed by atoms with E-state index in [2.05, 4.69) is 10.5 Å². The first kappa shape index (κ1) is 19.7. The second kappa shape index (κ2) is 8.76. The minimum atomic E-state index is -0.205. The van der Waals surface area contributed by atoms with Crippen LogP contribution in [-0.2, 0) is 11.3 Å². The number of benzene rings is 2. The summed E-state index contributed by atoms with van der Waals surface area (Å²) in [6.07, 6.45) is 3.32. The molecule has 0 spiro atoms. The Morgan fingerprint density at radius 3 is 2.54 bits per heavy atom. The Bertz CT molecular complexity index is 995. The number of hydrogen-bond donors (Lipinski definition) is 1. The molecular weight excluding hydrogens is 372 g/mol. The third-order valence-corrected chi connectivity index (χ3v) is 4.91. The van der Waals surface area contributed by atoms with Crippen LogP contribution in [0.3, 0.4) is 0 Å². The van der Waals surface area contributed by atoms with E-state index in [1.165, 1.54) is 6.08 Å². The predicted octanol–water partition coefficient (Wildman–Crippen LogP) is 4.38. The topological polar surface area (TPSA) is 50.2 Å². The molecule has 0 aliphatic rings. The van der Waals surface area contributed by atoms with Gasteiger partial charge in [-0.3, -0.25) is 19.9 Å². The average Bonchev–Trinajstić information content (AvgIpc) is 2.95. The van der Waals surface area contributed by atoms with Crippen molar-refractivity contribution < 1.29 is 4.79 Å². The van der Waals surface area contributed by atoms with E-state index in [4.69, 9.17) is 11.6 Å². The van der Waals surface area contributed by atoms with Crippen LogP contribution in [0.4, 0.5) is 5.69 Å². The molecule has 0 radical (unpaired) electrons. The van der Waals surface area contributed by atoms with Crippen LogP contribution in [-0.4, -0.2) is 22.7 Å². The molecule has 1 heterocycles. The third-order valence-electron chi connectivity index (χ3n) is 4.54. The van der Waals surface area contributed by atoms with Gasteiger partial charge in [-0.15, -0.1) is 0 Å². The molecule has 1 N–H and O–H groups in total. The molecule has 28 heavy (non-hydrogen) atoms. The molecule has 3 rings (SSSR count). The van der Waals surface area contributed by atoms with Crippen molar-refractivity contribution in [2.45, 2.75) is 20.4 Å². The Hall–Kier alpha value is -3.05. The fourth-order valence-corrected chi connectivity index (χ4v) is 3.17. The number of hydrogen-bond acceptors (Lipinski definition) is 3. The third kappa shape index (κ3) is 4.61. The van der Waals surface area contributed by atoms with E-state index in [-0.39, 0.29) is 5.91 Å². The zero-order valence-corrected chi connectivity index (χ0v) is 16.9. The lowest BCUT2D eigenvalue weighted by Crippen LogP contribution is -2.38. The molecule has 1 amide bonds. The molecule has 5 nitrogen and oxygen atoms in total. The highest BCUT2D eigenvalue weighted by molar-refractivity contribution is 6.31. The average molecular weight is 395 g/mol. The SMILES string of the molecule is Cc1nn(Cc2ccccc2Cl)c(C)c1/C=C/C(=O)NN(C)c1ccccc1. The molecule has 3 aromatic rings. The Labute approximate surface area is 170 Å². The zero-order chi connectivity index (χ0) is 20.1. The highest BCUT2D eigenvalue weighted by Gasteiger charge is 2.11. The number of anilines is 1. The van der Waals surface area contributed by atoms with Gasteiger partial charge in [0, 0.05) is 29.4 Å². The van der Waals surface area contributed by atoms with Crippen molar-refractivity contribution in [1.29, 1.82) is 0 Å². The number of carbonyl (C=O) groups excluding carboxylic acids is 1. The monoisotopic (exact) mass is 394 g/mol. The molecule has 6 heteroatoms. The van der Waals surface area contributed by atoms with Crippen molar-refractivity contribution in [3.05, 3.63) is 88.2 Å². The van der Waals surface area contributed by atoms with Gasteiger partial charge < -0.3 is 0 Å². The summed E-state index contributed by atoms with van der Waals surface area (Å²) in [5, 5.41) is 7.00. The highest BCUT2D eigenvalue weighted by atomic mass is 35.5. The van der Waals surface area contributed by atoms with E-state index >= 15 is 0 Å². The van der Waals surface area contributed by atoms with Crippen molar-refractivity contribution in [2.24, 2.45) is 0 Å². The van der Waals surface area contributed by atoms with Crippen LogP contribution in [0.1, 0.15) is 22.5 Å². The number of hydrazine groups is 1. The molecule has 0 saturated carbocycles. The molecule has 0 unspecified atom stereocenters. The highest BCUT2D eigenvalue weighted by Crippen LogP contribution is 2.20. The number of halogens is 1. The smallest absolute Gasteiger partial charge is 0.262 e. The van der Waals surface area contributed by atoms with Gasteiger partial charge in [-0.05, 0) is 43.7 Å². The Balaban J connectivity index is 1.71. The molecule has 0 aliphatic heterocycles. The number of aromatic nitrogens is 2. The van der Waals surface area contributed by atoms with E-state index in [0.29, 0.717) is 6.54 Å². The van der Waals surface area contributed by atoms with Crippen molar-refractivity contribution in [3.63, 3.8) is 0 Å². The number of nitrogens with one attached hydrogen (secondary N) is 1. The van der Waals surface area contributed by atoms with Crippen LogP contribution in [0.5, 0.6) is 0 Å². The van der Waals surface area contributed by atoms with E-state index in [1.54, 1.807) is 18.1 Å². The quantitative estimate of drug-likeness (QED) is 0.498. The maximum absolute atomic E-state index is 12.3. The number of nitrogens with zero attached hydrogens (tertiary/aromatic N) is 3. The Morgan fingerprint density at radius 1 is 1.14 bits per heavy atom. The summed E-state index contributed by atoms with van der Waals surface area (Å²) in [5.41, 5.74) is 7.52. The van der Waals surface area contributed by atoms with Crippen molar-refractivity contribution in [3.8, 4) is 0 Å². The molecule has 0 bridgehead atoms. The van der Waals surface area contributed by atoms with Crippen molar-refractivity contribution in [2.75, 3.05) is 12.1 Å². The molecule has 0 fully saturated rings. The summed E-state index contributed by atoms with van der Waals surface area (Å²) in [6.45, 7) is 4.51. The molecule has 2 aromatic carbocycles. The number of amides is 1. The van der Waals surface area contributed by atoms with Crippen LogP contribution in [0.2, 0.25) is 5.02 Å². The van der Waals surface area contributed by atoms with Crippen LogP contribution >= 0.6 is 11.6 Å². The number of aryl methyl sites for hydroxylation is 1. The molecule has 0 saturated heterocycles. The van der Waals surface area contributed by atoms with Crippen molar-refractivity contribution in [1.82, 2.24) is 15.2 Å². The summed E-state index contributed by atoms with van der Waals surface area (Å²) < 4.78 is 1.91. The lowest BCUT2D eigenvalue weighted by atomic mass is 10.1. The number of rotatable bonds is 6. The van der Waals surface area contributed by atoms with Gasteiger partial charge in [0.1, 0.15) is 0 Å². The van der Waals surface area contributed by atoms with Crippen LogP contribution in [0.15, 0.2) is 60.7 Å². The zero-order valence-electron chi connectivity index (χ0n) is 16.2. The lowest BCUT2D eigenvalue weighted by Gasteiger charge is -2.19. The maximum Gasteiger partial charge on any atom is 0.262 e.